The minimum Gasteiger partial charge on any atom is -0.493 e. The van der Waals surface area contributed by atoms with Crippen LogP contribution >= 0.6 is 27.5 Å². The molecule has 1 aliphatic heterocycles. The molecule has 9 heteroatoms. The van der Waals surface area contributed by atoms with Crippen molar-refractivity contribution in [3.05, 3.63) is 56.5 Å². The molecular formula is C20H16BrClN2O5. The van der Waals surface area contributed by atoms with Crippen molar-refractivity contribution in [1.29, 1.82) is 0 Å². The summed E-state index contributed by atoms with van der Waals surface area (Å²) in [5.74, 6) is -0.652. The minimum atomic E-state index is -0.839. The molecule has 0 unspecified atom stereocenters. The summed E-state index contributed by atoms with van der Waals surface area (Å²) < 4.78 is 11.1. The third-order valence-electron chi connectivity index (χ3n) is 4.32. The molecule has 2 aromatic rings. The first-order valence-corrected chi connectivity index (χ1v) is 9.53. The van der Waals surface area contributed by atoms with Crippen molar-refractivity contribution in [2.45, 2.75) is 6.92 Å². The number of methoxy groups -OCH3 is 2. The quantitative estimate of drug-likeness (QED) is 0.527. The summed E-state index contributed by atoms with van der Waals surface area (Å²) >= 11 is 9.42. The molecule has 0 aromatic heterocycles. The van der Waals surface area contributed by atoms with Gasteiger partial charge in [0, 0.05) is 9.50 Å². The summed E-state index contributed by atoms with van der Waals surface area (Å²) in [5, 5.41) is 2.55. The molecule has 0 saturated carbocycles. The zero-order valence-corrected chi connectivity index (χ0v) is 18.1. The second-order valence-corrected chi connectivity index (χ2v) is 7.41. The Balaban J connectivity index is 2.10. The second-order valence-electron chi connectivity index (χ2n) is 6.12. The second kappa shape index (κ2) is 8.26. The maximum atomic E-state index is 13.1. The minimum absolute atomic E-state index is 0.211. The number of rotatable bonds is 4. The third kappa shape index (κ3) is 3.99. The Labute approximate surface area is 180 Å². The highest BCUT2D eigenvalue weighted by Crippen LogP contribution is 2.35. The molecule has 1 fully saturated rings. The summed E-state index contributed by atoms with van der Waals surface area (Å²) in [6, 6.07) is 7.25. The first kappa shape index (κ1) is 20.9. The number of benzene rings is 2. The molecule has 0 spiro atoms. The van der Waals surface area contributed by atoms with Crippen LogP contribution in [0, 0.1) is 6.92 Å². The number of carbonyl (C=O) groups excluding carboxylic acids is 3. The van der Waals surface area contributed by atoms with Crippen molar-refractivity contribution in [3.63, 3.8) is 0 Å². The summed E-state index contributed by atoms with van der Waals surface area (Å²) in [6.07, 6.45) is 1.38. The van der Waals surface area contributed by atoms with Crippen molar-refractivity contribution in [1.82, 2.24) is 5.32 Å². The number of nitrogens with zero attached hydrogens (tertiary/aromatic N) is 1. The number of imide groups is 2. The SMILES string of the molecule is COc1cc(Br)c(/C=C2\C(=O)NC(=O)N(c3cc(Cl)ccc3C)C2=O)cc1OC. The third-order valence-corrected chi connectivity index (χ3v) is 5.24. The number of hydrogen-bond donors (Lipinski definition) is 1. The van der Waals surface area contributed by atoms with Gasteiger partial charge < -0.3 is 9.47 Å². The highest BCUT2D eigenvalue weighted by molar-refractivity contribution is 9.10. The van der Waals surface area contributed by atoms with E-state index in [1.807, 2.05) is 0 Å². The first-order valence-electron chi connectivity index (χ1n) is 8.36. The Bertz CT molecular complexity index is 1070. The Morgan fingerprint density at radius 3 is 2.38 bits per heavy atom. The number of anilines is 1. The van der Waals surface area contributed by atoms with Crippen molar-refractivity contribution in [2.24, 2.45) is 0 Å². The number of nitrogens with one attached hydrogen (secondary N) is 1. The van der Waals surface area contributed by atoms with Crippen molar-refractivity contribution in [2.75, 3.05) is 19.1 Å². The van der Waals surface area contributed by atoms with Crippen molar-refractivity contribution in [3.8, 4) is 11.5 Å². The highest BCUT2D eigenvalue weighted by Gasteiger charge is 2.37. The molecule has 2 aromatic carbocycles. The summed E-state index contributed by atoms with van der Waals surface area (Å²) in [6.45, 7) is 1.73. The van der Waals surface area contributed by atoms with E-state index in [9.17, 15) is 14.4 Å². The number of ether oxygens (including phenoxy) is 2. The molecule has 0 radical (unpaired) electrons. The Kier molecular flexibility index (Phi) is 5.95. The average molecular weight is 480 g/mol. The van der Waals surface area contributed by atoms with E-state index in [1.54, 1.807) is 31.2 Å². The fraction of sp³-hybridized carbons (Fsp3) is 0.150. The van der Waals surface area contributed by atoms with Crippen LogP contribution in [-0.4, -0.2) is 32.1 Å². The standard InChI is InChI=1S/C20H16BrClN2O5/c1-10-4-5-12(22)8-15(10)24-19(26)13(18(25)23-20(24)27)6-11-7-16(28-2)17(29-3)9-14(11)21/h4-9H,1-3H3,(H,23,25,27)/b13-6+. The van der Waals surface area contributed by atoms with Crippen LogP contribution in [0.15, 0.2) is 40.4 Å². The van der Waals surface area contributed by atoms with Crippen LogP contribution in [0.5, 0.6) is 11.5 Å². The van der Waals surface area contributed by atoms with Gasteiger partial charge in [0.25, 0.3) is 11.8 Å². The number of barbiturate groups is 1. The molecule has 0 atom stereocenters. The van der Waals surface area contributed by atoms with Gasteiger partial charge in [-0.3, -0.25) is 14.9 Å². The monoisotopic (exact) mass is 478 g/mol. The number of aryl methyl sites for hydroxylation is 1. The van der Waals surface area contributed by atoms with E-state index in [0.29, 0.717) is 37.8 Å². The Morgan fingerprint density at radius 1 is 1.07 bits per heavy atom. The van der Waals surface area contributed by atoms with Crippen LogP contribution in [0.25, 0.3) is 6.08 Å². The van der Waals surface area contributed by atoms with E-state index in [-0.39, 0.29) is 5.57 Å². The van der Waals surface area contributed by atoms with E-state index < -0.39 is 17.8 Å². The van der Waals surface area contributed by atoms with Crippen molar-refractivity contribution >= 4 is 57.1 Å². The number of halogens is 2. The molecular weight excluding hydrogens is 464 g/mol. The fourth-order valence-corrected chi connectivity index (χ4v) is 3.44. The van der Waals surface area contributed by atoms with Gasteiger partial charge in [-0.05, 0) is 48.4 Å². The molecule has 3 rings (SSSR count). The predicted molar refractivity (Wildman–Crippen MR) is 112 cm³/mol. The van der Waals surface area contributed by atoms with Gasteiger partial charge in [-0.1, -0.05) is 33.6 Å². The van der Waals surface area contributed by atoms with E-state index in [4.69, 9.17) is 21.1 Å². The number of amides is 4. The lowest BCUT2D eigenvalue weighted by Crippen LogP contribution is -2.54. The van der Waals surface area contributed by atoms with Crippen LogP contribution in [0.3, 0.4) is 0 Å². The molecule has 4 amide bonds. The van der Waals surface area contributed by atoms with Crippen LogP contribution in [0.4, 0.5) is 10.5 Å². The van der Waals surface area contributed by atoms with Crippen LogP contribution in [0.1, 0.15) is 11.1 Å². The fourth-order valence-electron chi connectivity index (χ4n) is 2.84. The van der Waals surface area contributed by atoms with E-state index in [0.717, 1.165) is 4.90 Å². The molecule has 1 heterocycles. The molecule has 1 N–H and O–H groups in total. The first-order chi connectivity index (χ1) is 13.8. The largest absolute Gasteiger partial charge is 0.493 e. The van der Waals surface area contributed by atoms with E-state index >= 15 is 0 Å². The van der Waals surface area contributed by atoms with Gasteiger partial charge in [-0.15, -0.1) is 0 Å². The van der Waals surface area contributed by atoms with Gasteiger partial charge in [-0.2, -0.15) is 0 Å². The number of hydrogen-bond acceptors (Lipinski definition) is 5. The Hall–Kier alpha value is -2.84. The van der Waals surface area contributed by atoms with Crippen LogP contribution < -0.4 is 19.7 Å². The van der Waals surface area contributed by atoms with Crippen LogP contribution in [0.2, 0.25) is 5.02 Å². The maximum Gasteiger partial charge on any atom is 0.335 e. The summed E-state index contributed by atoms with van der Waals surface area (Å²) in [4.78, 5) is 38.7. The lowest BCUT2D eigenvalue weighted by molar-refractivity contribution is -0.122. The van der Waals surface area contributed by atoms with Gasteiger partial charge in [0.15, 0.2) is 11.5 Å². The molecule has 0 bridgehead atoms. The lowest BCUT2D eigenvalue weighted by atomic mass is 10.1. The lowest BCUT2D eigenvalue weighted by Gasteiger charge is -2.27. The average Bonchev–Trinajstić information content (AvgIpc) is 2.68. The number of carbonyl (C=O) groups is 3. The summed E-state index contributed by atoms with van der Waals surface area (Å²) in [5.41, 5.74) is 1.24. The topological polar surface area (TPSA) is 84.9 Å². The molecule has 150 valence electrons. The Morgan fingerprint density at radius 2 is 1.72 bits per heavy atom. The molecule has 29 heavy (non-hydrogen) atoms. The molecule has 0 aliphatic carbocycles. The van der Waals surface area contributed by atoms with Gasteiger partial charge in [0.2, 0.25) is 0 Å². The van der Waals surface area contributed by atoms with E-state index in [2.05, 4.69) is 21.2 Å². The van der Waals surface area contributed by atoms with Crippen LogP contribution in [-0.2, 0) is 9.59 Å². The smallest absolute Gasteiger partial charge is 0.335 e. The maximum absolute atomic E-state index is 13.1. The molecule has 7 nitrogen and oxygen atoms in total. The summed E-state index contributed by atoms with van der Waals surface area (Å²) in [7, 11) is 2.97. The zero-order valence-electron chi connectivity index (χ0n) is 15.7. The highest BCUT2D eigenvalue weighted by atomic mass is 79.9. The van der Waals surface area contributed by atoms with Gasteiger partial charge in [-0.25, -0.2) is 9.69 Å². The van der Waals surface area contributed by atoms with Crippen molar-refractivity contribution < 1.29 is 23.9 Å². The van der Waals surface area contributed by atoms with Gasteiger partial charge in [0.1, 0.15) is 5.57 Å². The predicted octanol–water partition coefficient (Wildman–Crippen LogP) is 4.09. The molecule has 1 aliphatic rings. The zero-order chi connectivity index (χ0) is 21.3. The molecule has 1 saturated heterocycles. The van der Waals surface area contributed by atoms with Gasteiger partial charge >= 0.3 is 6.03 Å². The normalized spacial score (nSPS) is 15.6. The number of urea groups is 1. The van der Waals surface area contributed by atoms with E-state index in [1.165, 1.54) is 26.4 Å². The van der Waals surface area contributed by atoms with Gasteiger partial charge in [0.05, 0.1) is 19.9 Å².